The van der Waals surface area contributed by atoms with Crippen LogP contribution in [0.5, 0.6) is 0 Å². The van der Waals surface area contributed by atoms with Crippen molar-refractivity contribution in [1.82, 2.24) is 9.97 Å². The molecule has 2 N–H and O–H groups in total. The van der Waals surface area contributed by atoms with Crippen LogP contribution >= 0.6 is 11.6 Å². The van der Waals surface area contributed by atoms with E-state index in [-0.39, 0.29) is 16.7 Å². The molecule has 0 radical (unpaired) electrons. The SMILES string of the molecule is Cc1ccc(-c2nc(-c3ccc(C(F)(F)F)cc3)c(Cl)nc2N)cc1. The number of alkyl halides is 3. The molecule has 0 saturated carbocycles. The monoisotopic (exact) mass is 363 g/mol. The van der Waals surface area contributed by atoms with Gasteiger partial charge in [0.15, 0.2) is 11.0 Å². The highest BCUT2D eigenvalue weighted by Crippen LogP contribution is 2.34. The second kappa shape index (κ2) is 6.37. The highest BCUT2D eigenvalue weighted by molar-refractivity contribution is 6.32. The molecule has 0 aliphatic carbocycles. The zero-order valence-corrected chi connectivity index (χ0v) is 13.9. The topological polar surface area (TPSA) is 51.8 Å². The Hall–Kier alpha value is -2.60. The Kier molecular flexibility index (Phi) is 4.39. The average molecular weight is 364 g/mol. The lowest BCUT2D eigenvalue weighted by molar-refractivity contribution is -0.137. The van der Waals surface area contributed by atoms with Crippen LogP contribution in [0.2, 0.25) is 5.15 Å². The van der Waals surface area contributed by atoms with Gasteiger partial charge < -0.3 is 5.73 Å². The quantitative estimate of drug-likeness (QED) is 0.665. The van der Waals surface area contributed by atoms with Gasteiger partial charge in [0.25, 0.3) is 0 Å². The lowest BCUT2D eigenvalue weighted by Gasteiger charge is -2.11. The average Bonchev–Trinajstić information content (AvgIpc) is 2.55. The molecule has 3 nitrogen and oxygen atoms in total. The predicted octanol–water partition coefficient (Wildman–Crippen LogP) is 5.37. The number of hydrogen-bond donors (Lipinski definition) is 1. The Labute approximate surface area is 147 Å². The number of anilines is 1. The highest BCUT2D eigenvalue weighted by atomic mass is 35.5. The summed E-state index contributed by atoms with van der Waals surface area (Å²) in [7, 11) is 0. The normalized spacial score (nSPS) is 11.6. The van der Waals surface area contributed by atoms with E-state index in [2.05, 4.69) is 9.97 Å². The van der Waals surface area contributed by atoms with Gasteiger partial charge in [-0.3, -0.25) is 0 Å². The smallest absolute Gasteiger partial charge is 0.382 e. The molecule has 3 rings (SSSR count). The maximum Gasteiger partial charge on any atom is 0.416 e. The van der Waals surface area contributed by atoms with Crippen LogP contribution in [0.4, 0.5) is 19.0 Å². The molecule has 0 aliphatic heterocycles. The molecule has 0 bridgehead atoms. The molecule has 0 aliphatic rings. The van der Waals surface area contributed by atoms with Crippen LogP contribution in [0, 0.1) is 6.92 Å². The third-order valence-corrected chi connectivity index (χ3v) is 3.95. The molecule has 0 saturated heterocycles. The van der Waals surface area contributed by atoms with Crippen molar-refractivity contribution < 1.29 is 13.2 Å². The van der Waals surface area contributed by atoms with E-state index in [4.69, 9.17) is 17.3 Å². The van der Waals surface area contributed by atoms with Crippen LogP contribution in [0.25, 0.3) is 22.5 Å². The Morgan fingerprint density at radius 3 is 1.92 bits per heavy atom. The van der Waals surface area contributed by atoms with E-state index < -0.39 is 11.7 Å². The Balaban J connectivity index is 2.08. The summed E-state index contributed by atoms with van der Waals surface area (Å²) in [6.45, 7) is 1.95. The molecule has 1 heterocycles. The van der Waals surface area contributed by atoms with Crippen LogP contribution in [-0.2, 0) is 6.18 Å². The van der Waals surface area contributed by atoms with E-state index in [1.165, 1.54) is 12.1 Å². The van der Waals surface area contributed by atoms with Crippen LogP contribution in [0.15, 0.2) is 48.5 Å². The minimum atomic E-state index is -4.40. The van der Waals surface area contributed by atoms with Gasteiger partial charge in [-0.25, -0.2) is 9.97 Å². The molecule has 0 unspecified atom stereocenters. The van der Waals surface area contributed by atoms with Crippen molar-refractivity contribution in [3.05, 3.63) is 64.8 Å². The molecule has 0 atom stereocenters. The van der Waals surface area contributed by atoms with E-state index in [9.17, 15) is 13.2 Å². The van der Waals surface area contributed by atoms with Crippen molar-refractivity contribution in [2.75, 3.05) is 5.73 Å². The third-order valence-electron chi connectivity index (χ3n) is 3.69. The van der Waals surface area contributed by atoms with Crippen molar-refractivity contribution in [1.29, 1.82) is 0 Å². The van der Waals surface area contributed by atoms with Crippen molar-refractivity contribution in [3.63, 3.8) is 0 Å². The summed E-state index contributed by atoms with van der Waals surface area (Å²) >= 11 is 6.10. The number of aryl methyl sites for hydroxylation is 1. The van der Waals surface area contributed by atoms with Crippen molar-refractivity contribution in [2.24, 2.45) is 0 Å². The molecular formula is C18H13ClF3N3. The summed E-state index contributed by atoms with van der Waals surface area (Å²) in [5, 5.41) is 0.0353. The van der Waals surface area contributed by atoms with Gasteiger partial charge in [-0.2, -0.15) is 13.2 Å². The van der Waals surface area contributed by atoms with Crippen molar-refractivity contribution in [2.45, 2.75) is 13.1 Å². The van der Waals surface area contributed by atoms with E-state index in [0.29, 0.717) is 11.3 Å². The standard InChI is InChI=1S/C18H13ClF3N3/c1-10-2-4-12(5-3-10)15-17(23)25-16(19)14(24-15)11-6-8-13(9-7-11)18(20,21)22/h2-9H,1H3,(H2,23,25). The minimum absolute atomic E-state index is 0.0353. The fourth-order valence-electron chi connectivity index (χ4n) is 2.35. The summed E-state index contributed by atoms with van der Waals surface area (Å²) in [5.74, 6) is 0.157. The zero-order valence-electron chi connectivity index (χ0n) is 13.1. The number of nitrogens with zero attached hydrogens (tertiary/aromatic N) is 2. The van der Waals surface area contributed by atoms with Gasteiger partial charge in [0, 0.05) is 11.1 Å². The molecule has 7 heteroatoms. The fourth-order valence-corrected chi connectivity index (χ4v) is 2.59. The Bertz CT molecular complexity index is 905. The van der Waals surface area contributed by atoms with E-state index in [1.807, 2.05) is 31.2 Å². The number of halogens is 4. The van der Waals surface area contributed by atoms with Gasteiger partial charge in [0.2, 0.25) is 0 Å². The number of hydrogen-bond acceptors (Lipinski definition) is 3. The maximum atomic E-state index is 12.7. The summed E-state index contributed by atoms with van der Waals surface area (Å²) in [4.78, 5) is 8.51. The maximum absolute atomic E-state index is 12.7. The van der Waals surface area contributed by atoms with E-state index in [0.717, 1.165) is 23.3 Å². The van der Waals surface area contributed by atoms with E-state index in [1.54, 1.807) is 0 Å². The molecule has 3 aromatic rings. The van der Waals surface area contributed by atoms with Gasteiger partial charge in [-0.05, 0) is 19.1 Å². The first-order valence-corrected chi connectivity index (χ1v) is 7.71. The van der Waals surface area contributed by atoms with Gasteiger partial charge in [0.05, 0.1) is 5.56 Å². The van der Waals surface area contributed by atoms with Gasteiger partial charge >= 0.3 is 6.18 Å². The number of nitrogen functional groups attached to an aromatic ring is 1. The number of nitrogens with two attached hydrogens (primary N) is 1. The first kappa shape index (κ1) is 17.2. The third kappa shape index (κ3) is 3.58. The lowest BCUT2D eigenvalue weighted by Crippen LogP contribution is -2.04. The summed E-state index contributed by atoms with van der Waals surface area (Å²) < 4.78 is 38.1. The molecular weight excluding hydrogens is 351 g/mol. The first-order valence-electron chi connectivity index (χ1n) is 7.33. The molecule has 0 spiro atoms. The predicted molar refractivity (Wildman–Crippen MR) is 92.1 cm³/mol. The number of benzene rings is 2. The van der Waals surface area contributed by atoms with Crippen LogP contribution in [0.1, 0.15) is 11.1 Å². The minimum Gasteiger partial charge on any atom is -0.382 e. The van der Waals surface area contributed by atoms with Crippen LogP contribution < -0.4 is 5.73 Å². The Morgan fingerprint density at radius 1 is 0.840 bits per heavy atom. The van der Waals surface area contributed by atoms with Gasteiger partial charge in [-0.1, -0.05) is 53.6 Å². The molecule has 0 amide bonds. The van der Waals surface area contributed by atoms with Gasteiger partial charge in [0.1, 0.15) is 11.4 Å². The highest BCUT2D eigenvalue weighted by Gasteiger charge is 2.30. The summed E-state index contributed by atoms with van der Waals surface area (Å²) in [6, 6.07) is 12.1. The fraction of sp³-hybridized carbons (Fsp3) is 0.111. The second-order valence-electron chi connectivity index (χ2n) is 5.54. The van der Waals surface area contributed by atoms with E-state index >= 15 is 0 Å². The van der Waals surface area contributed by atoms with Gasteiger partial charge in [-0.15, -0.1) is 0 Å². The van der Waals surface area contributed by atoms with Crippen LogP contribution in [-0.4, -0.2) is 9.97 Å². The van der Waals surface area contributed by atoms with Crippen molar-refractivity contribution >= 4 is 17.4 Å². The molecule has 128 valence electrons. The van der Waals surface area contributed by atoms with Crippen LogP contribution in [0.3, 0.4) is 0 Å². The molecule has 1 aromatic heterocycles. The zero-order chi connectivity index (χ0) is 18.2. The van der Waals surface area contributed by atoms with Crippen molar-refractivity contribution in [3.8, 4) is 22.5 Å². The number of aromatic nitrogens is 2. The molecule has 0 fully saturated rings. The molecule has 25 heavy (non-hydrogen) atoms. The Morgan fingerprint density at radius 2 is 1.36 bits per heavy atom. The second-order valence-corrected chi connectivity index (χ2v) is 5.90. The lowest BCUT2D eigenvalue weighted by atomic mass is 10.1. The largest absolute Gasteiger partial charge is 0.416 e. The number of rotatable bonds is 2. The molecule has 2 aromatic carbocycles. The summed E-state index contributed by atoms with van der Waals surface area (Å²) in [6.07, 6.45) is -4.40. The summed E-state index contributed by atoms with van der Waals surface area (Å²) in [5.41, 5.74) is 8.14. The first-order chi connectivity index (χ1) is 11.8.